The fourth-order valence-corrected chi connectivity index (χ4v) is 5.54. The van der Waals surface area contributed by atoms with Gasteiger partial charge >= 0.3 is 0 Å². The third-order valence-electron chi connectivity index (χ3n) is 8.14. The molecule has 2 aliphatic rings. The molecule has 3 aromatic rings. The van der Waals surface area contributed by atoms with Gasteiger partial charge in [-0.3, -0.25) is 9.59 Å². The number of carbonyl (C=O) groups is 2. The summed E-state index contributed by atoms with van der Waals surface area (Å²) in [5.41, 5.74) is 3.84. The van der Waals surface area contributed by atoms with Gasteiger partial charge in [-0.1, -0.05) is 54.6 Å². The Bertz CT molecular complexity index is 1280. The van der Waals surface area contributed by atoms with Crippen molar-refractivity contribution in [2.45, 2.75) is 50.1 Å². The molecular formula is C33H38FN3O3. The summed E-state index contributed by atoms with van der Waals surface area (Å²) < 4.78 is 18.7. The lowest BCUT2D eigenvalue weighted by molar-refractivity contribution is -0.137. The van der Waals surface area contributed by atoms with Gasteiger partial charge in [0.25, 0.3) is 5.91 Å². The molecule has 0 bridgehead atoms. The van der Waals surface area contributed by atoms with Crippen molar-refractivity contribution in [1.29, 1.82) is 0 Å². The molecule has 1 saturated carbocycles. The van der Waals surface area contributed by atoms with E-state index in [4.69, 9.17) is 4.74 Å². The predicted octanol–water partition coefficient (Wildman–Crippen LogP) is 5.16. The number of carbonyl (C=O) groups excluding carboxylic acids is 2. The maximum Gasteiger partial charge on any atom is 0.251 e. The first kappa shape index (κ1) is 28.0. The molecule has 1 aliphatic heterocycles. The summed E-state index contributed by atoms with van der Waals surface area (Å²) in [7, 11) is 0. The summed E-state index contributed by atoms with van der Waals surface area (Å²) in [5.74, 6) is -0.110. The van der Waals surface area contributed by atoms with Gasteiger partial charge in [0.2, 0.25) is 5.91 Å². The number of nitrogens with zero attached hydrogens (tertiary/aromatic N) is 1. The van der Waals surface area contributed by atoms with Crippen LogP contribution in [0.5, 0.6) is 0 Å². The quantitative estimate of drug-likeness (QED) is 0.328. The van der Waals surface area contributed by atoms with Crippen LogP contribution in [0.4, 0.5) is 4.39 Å². The van der Waals surface area contributed by atoms with Crippen molar-refractivity contribution in [2.75, 3.05) is 32.8 Å². The van der Waals surface area contributed by atoms with Crippen molar-refractivity contribution in [3.8, 4) is 11.1 Å². The summed E-state index contributed by atoms with van der Waals surface area (Å²) >= 11 is 0. The van der Waals surface area contributed by atoms with Crippen LogP contribution in [0.2, 0.25) is 0 Å². The number of benzene rings is 3. The van der Waals surface area contributed by atoms with Crippen LogP contribution in [0.25, 0.3) is 11.1 Å². The van der Waals surface area contributed by atoms with Crippen molar-refractivity contribution >= 4 is 11.8 Å². The van der Waals surface area contributed by atoms with Crippen LogP contribution < -0.4 is 10.6 Å². The van der Waals surface area contributed by atoms with Gasteiger partial charge in [-0.2, -0.15) is 0 Å². The van der Waals surface area contributed by atoms with E-state index in [-0.39, 0.29) is 23.2 Å². The maximum absolute atomic E-state index is 13.4. The van der Waals surface area contributed by atoms with Crippen molar-refractivity contribution in [1.82, 2.24) is 15.5 Å². The highest BCUT2D eigenvalue weighted by Gasteiger charge is 2.50. The van der Waals surface area contributed by atoms with Crippen LogP contribution in [-0.4, -0.2) is 61.1 Å². The predicted molar refractivity (Wildman–Crippen MR) is 155 cm³/mol. The fourth-order valence-electron chi connectivity index (χ4n) is 5.54. The first-order valence-electron chi connectivity index (χ1n) is 14.3. The second-order valence-corrected chi connectivity index (χ2v) is 11.1. The van der Waals surface area contributed by atoms with E-state index in [9.17, 15) is 14.0 Å². The van der Waals surface area contributed by atoms with Gasteiger partial charge < -0.3 is 20.3 Å². The second kappa shape index (κ2) is 12.7. The molecule has 3 atom stereocenters. The zero-order valence-electron chi connectivity index (χ0n) is 23.1. The number of halogens is 1. The minimum atomic E-state index is -0.581. The topological polar surface area (TPSA) is 70.7 Å². The normalized spacial score (nSPS) is 21.1. The number of rotatable bonds is 11. The average molecular weight is 544 g/mol. The Morgan fingerprint density at radius 3 is 2.33 bits per heavy atom. The Kier molecular flexibility index (Phi) is 8.92. The van der Waals surface area contributed by atoms with Crippen LogP contribution in [0.3, 0.4) is 0 Å². The fraction of sp³-hybridized carbons (Fsp3) is 0.394. The molecule has 2 fully saturated rings. The molecule has 2 N–H and O–H groups in total. The Morgan fingerprint density at radius 1 is 0.950 bits per heavy atom. The molecule has 210 valence electrons. The van der Waals surface area contributed by atoms with Gasteiger partial charge in [0.05, 0.1) is 13.2 Å². The molecule has 0 aromatic heterocycles. The third-order valence-corrected chi connectivity index (χ3v) is 8.14. The zero-order chi connectivity index (χ0) is 28.0. The number of ether oxygens (including phenoxy) is 1. The first-order chi connectivity index (χ1) is 19.4. The summed E-state index contributed by atoms with van der Waals surface area (Å²) in [4.78, 5) is 28.3. The molecule has 1 saturated heterocycles. The molecule has 3 aromatic carbocycles. The lowest BCUT2D eigenvalue weighted by Gasteiger charge is -2.31. The van der Waals surface area contributed by atoms with Crippen LogP contribution in [0, 0.1) is 5.82 Å². The number of hydrogen-bond acceptors (Lipinski definition) is 4. The second-order valence-electron chi connectivity index (χ2n) is 11.1. The van der Waals surface area contributed by atoms with E-state index in [2.05, 4.69) is 17.6 Å². The third kappa shape index (κ3) is 6.95. The van der Waals surface area contributed by atoms with E-state index in [1.807, 2.05) is 66.7 Å². The zero-order valence-corrected chi connectivity index (χ0v) is 23.1. The average Bonchev–Trinajstić information content (AvgIpc) is 3.68. The Hall–Kier alpha value is -3.55. The Balaban J connectivity index is 1.15. The standard InChI is InChI=1S/C33H38FN3O3/c1-33(23-29(33)26-14-16-28(34)17-15-26)35-18-6-5-9-30(32(39)37-19-21-40-22-20-37)36-31(38)27-12-10-25(11-13-27)24-7-3-2-4-8-24/h2-4,7-8,10-17,29-30,35H,5-6,9,18-23H2,1H3,(H,36,38). The number of unbranched alkanes of at least 4 members (excludes halogenated alkanes) is 1. The number of morpholine rings is 1. The summed E-state index contributed by atoms with van der Waals surface area (Å²) in [5, 5.41) is 6.68. The van der Waals surface area contributed by atoms with Gasteiger partial charge in [0.15, 0.2) is 0 Å². The molecule has 2 amide bonds. The highest BCUT2D eigenvalue weighted by atomic mass is 19.1. The van der Waals surface area contributed by atoms with Crippen molar-refractivity contribution in [3.63, 3.8) is 0 Å². The first-order valence-corrected chi connectivity index (χ1v) is 14.3. The summed E-state index contributed by atoms with van der Waals surface area (Å²) in [6.45, 7) is 5.15. The molecule has 6 nitrogen and oxygen atoms in total. The van der Waals surface area contributed by atoms with Gasteiger partial charge in [-0.25, -0.2) is 4.39 Å². The smallest absolute Gasteiger partial charge is 0.251 e. The monoisotopic (exact) mass is 543 g/mol. The maximum atomic E-state index is 13.4. The summed E-state index contributed by atoms with van der Waals surface area (Å²) in [6.07, 6.45) is 3.29. The SMILES string of the molecule is CC1(NCCCCC(NC(=O)c2ccc(-c3ccccc3)cc2)C(=O)N2CCOCC2)CC1c1ccc(F)cc1. The van der Waals surface area contributed by atoms with E-state index >= 15 is 0 Å². The lowest BCUT2D eigenvalue weighted by atomic mass is 10.0. The van der Waals surface area contributed by atoms with Gasteiger partial charge in [-0.15, -0.1) is 0 Å². The molecule has 7 heteroatoms. The van der Waals surface area contributed by atoms with E-state index < -0.39 is 6.04 Å². The number of hydrogen-bond donors (Lipinski definition) is 2. The highest BCUT2D eigenvalue weighted by molar-refractivity contribution is 5.98. The Morgan fingerprint density at radius 2 is 1.62 bits per heavy atom. The van der Waals surface area contributed by atoms with Crippen molar-refractivity contribution in [2.24, 2.45) is 0 Å². The number of nitrogens with one attached hydrogen (secondary N) is 2. The molecule has 1 aliphatic carbocycles. The molecule has 40 heavy (non-hydrogen) atoms. The number of amides is 2. The van der Waals surface area contributed by atoms with Crippen LogP contribution in [0.15, 0.2) is 78.9 Å². The van der Waals surface area contributed by atoms with Crippen LogP contribution in [-0.2, 0) is 9.53 Å². The van der Waals surface area contributed by atoms with E-state index in [1.165, 1.54) is 12.1 Å². The van der Waals surface area contributed by atoms with Gasteiger partial charge in [-0.05, 0) is 80.1 Å². The lowest BCUT2D eigenvalue weighted by Crippen LogP contribution is -2.51. The minimum absolute atomic E-state index is 0.0149. The minimum Gasteiger partial charge on any atom is -0.378 e. The van der Waals surface area contributed by atoms with Crippen LogP contribution in [0.1, 0.15) is 54.4 Å². The molecule has 1 heterocycles. The van der Waals surface area contributed by atoms with Gasteiger partial charge in [0, 0.05) is 30.1 Å². The van der Waals surface area contributed by atoms with Gasteiger partial charge in [0.1, 0.15) is 11.9 Å². The van der Waals surface area contributed by atoms with E-state index in [0.717, 1.165) is 42.5 Å². The summed E-state index contributed by atoms with van der Waals surface area (Å²) in [6, 6.07) is 23.7. The molecule has 0 radical (unpaired) electrons. The molecular weight excluding hydrogens is 505 g/mol. The van der Waals surface area contributed by atoms with E-state index in [0.29, 0.717) is 44.2 Å². The van der Waals surface area contributed by atoms with Crippen molar-refractivity contribution in [3.05, 3.63) is 95.8 Å². The largest absolute Gasteiger partial charge is 0.378 e. The molecule has 3 unspecified atom stereocenters. The van der Waals surface area contributed by atoms with E-state index in [1.54, 1.807) is 4.90 Å². The van der Waals surface area contributed by atoms with Crippen LogP contribution >= 0.6 is 0 Å². The van der Waals surface area contributed by atoms with Crippen molar-refractivity contribution < 1.29 is 18.7 Å². The Labute approximate surface area is 235 Å². The highest BCUT2D eigenvalue weighted by Crippen LogP contribution is 2.51. The molecule has 0 spiro atoms. The molecule has 5 rings (SSSR count).